The second-order valence-electron chi connectivity index (χ2n) is 5.93. The molecule has 7 heteroatoms. The smallest absolute Gasteiger partial charge is 0.191 e. The molecule has 1 unspecified atom stereocenters. The summed E-state index contributed by atoms with van der Waals surface area (Å²) in [6.45, 7) is 6.37. The van der Waals surface area contributed by atoms with Gasteiger partial charge in [0.05, 0.1) is 0 Å². The number of halogens is 1. The summed E-state index contributed by atoms with van der Waals surface area (Å²) in [5.41, 5.74) is 2.15. The van der Waals surface area contributed by atoms with E-state index in [1.54, 1.807) is 0 Å². The van der Waals surface area contributed by atoms with E-state index >= 15 is 0 Å². The van der Waals surface area contributed by atoms with Gasteiger partial charge in [0.25, 0.3) is 0 Å². The minimum absolute atomic E-state index is 0. The number of hydrogen-bond donors (Lipinski definition) is 2. The normalized spacial score (nSPS) is 12.5. The zero-order valence-corrected chi connectivity index (χ0v) is 17.4. The van der Waals surface area contributed by atoms with Crippen molar-refractivity contribution in [1.82, 2.24) is 25.2 Å². The lowest BCUT2D eigenvalue weighted by Gasteiger charge is -2.16. The molecule has 138 valence electrons. The van der Waals surface area contributed by atoms with Crippen LogP contribution in [0.2, 0.25) is 0 Å². The summed E-state index contributed by atoms with van der Waals surface area (Å²) in [6, 6.07) is 16.3. The second-order valence-corrected chi connectivity index (χ2v) is 5.93. The first-order valence-corrected chi connectivity index (χ1v) is 8.63. The molecule has 2 aromatic heterocycles. The Kier molecular flexibility index (Phi) is 7.83. The van der Waals surface area contributed by atoms with Gasteiger partial charge in [-0.15, -0.1) is 34.2 Å². The monoisotopic (exact) mass is 464 g/mol. The van der Waals surface area contributed by atoms with E-state index in [-0.39, 0.29) is 24.0 Å². The van der Waals surface area contributed by atoms with Crippen LogP contribution < -0.4 is 10.6 Å². The summed E-state index contributed by atoms with van der Waals surface area (Å²) in [7, 11) is 0. The van der Waals surface area contributed by atoms with Crippen molar-refractivity contribution in [2.45, 2.75) is 26.3 Å². The maximum absolute atomic E-state index is 4.64. The molecule has 0 aliphatic heterocycles. The van der Waals surface area contributed by atoms with Crippen molar-refractivity contribution in [3.8, 4) is 0 Å². The summed E-state index contributed by atoms with van der Waals surface area (Å²) in [5.74, 6) is 2.01. The molecule has 0 amide bonds. The Morgan fingerprint density at radius 2 is 1.85 bits per heavy atom. The maximum atomic E-state index is 4.64. The van der Waals surface area contributed by atoms with Crippen LogP contribution in [0.5, 0.6) is 0 Å². The standard InChI is InChI=1S/C19H24N6.HI/c1-3-20-19(21-13-15(2)16-9-5-4-6-10-16)22-14-18-24-23-17-11-7-8-12-25(17)18;/h4-12,15H,3,13-14H2,1-2H3,(H2,20,21,22);1H. The van der Waals surface area contributed by atoms with Gasteiger partial charge in [-0.3, -0.25) is 4.40 Å². The van der Waals surface area contributed by atoms with Crippen LogP contribution in [0.3, 0.4) is 0 Å². The number of nitrogens with zero attached hydrogens (tertiary/aromatic N) is 4. The van der Waals surface area contributed by atoms with Gasteiger partial charge in [-0.25, -0.2) is 4.99 Å². The Hall–Kier alpha value is -2.16. The van der Waals surface area contributed by atoms with Crippen LogP contribution in [0.1, 0.15) is 31.2 Å². The highest BCUT2D eigenvalue weighted by atomic mass is 127. The van der Waals surface area contributed by atoms with Crippen molar-refractivity contribution in [3.63, 3.8) is 0 Å². The third-order valence-electron chi connectivity index (χ3n) is 4.05. The largest absolute Gasteiger partial charge is 0.357 e. The number of guanidine groups is 1. The molecule has 0 radical (unpaired) electrons. The van der Waals surface area contributed by atoms with Gasteiger partial charge in [-0.05, 0) is 30.5 Å². The molecular weight excluding hydrogens is 439 g/mol. The highest BCUT2D eigenvalue weighted by Gasteiger charge is 2.07. The molecule has 0 aliphatic rings. The van der Waals surface area contributed by atoms with E-state index < -0.39 is 0 Å². The molecular formula is C19H25IN6. The lowest BCUT2D eigenvalue weighted by atomic mass is 10.0. The minimum atomic E-state index is 0. The molecule has 0 bridgehead atoms. The zero-order valence-electron chi connectivity index (χ0n) is 15.1. The van der Waals surface area contributed by atoms with Gasteiger partial charge in [-0.2, -0.15) is 0 Å². The number of pyridine rings is 1. The number of nitrogens with one attached hydrogen (secondary N) is 2. The van der Waals surface area contributed by atoms with E-state index in [1.165, 1.54) is 5.56 Å². The molecule has 0 aliphatic carbocycles. The molecule has 0 saturated heterocycles. The quantitative estimate of drug-likeness (QED) is 0.334. The second kappa shape index (κ2) is 10.1. The third kappa shape index (κ3) is 5.17. The molecule has 0 fully saturated rings. The topological polar surface area (TPSA) is 66.6 Å². The molecule has 3 rings (SSSR count). The fraction of sp³-hybridized carbons (Fsp3) is 0.316. The summed E-state index contributed by atoms with van der Waals surface area (Å²) < 4.78 is 1.96. The van der Waals surface area contributed by atoms with Crippen molar-refractivity contribution in [2.75, 3.05) is 13.1 Å². The van der Waals surface area contributed by atoms with E-state index in [2.05, 4.69) is 63.9 Å². The molecule has 1 atom stereocenters. The van der Waals surface area contributed by atoms with Gasteiger partial charge in [0.2, 0.25) is 0 Å². The summed E-state index contributed by atoms with van der Waals surface area (Å²) in [6.07, 6.45) is 1.96. The van der Waals surface area contributed by atoms with Crippen molar-refractivity contribution in [1.29, 1.82) is 0 Å². The molecule has 0 spiro atoms. The fourth-order valence-corrected chi connectivity index (χ4v) is 2.64. The molecule has 26 heavy (non-hydrogen) atoms. The van der Waals surface area contributed by atoms with E-state index in [9.17, 15) is 0 Å². The summed E-state index contributed by atoms with van der Waals surface area (Å²) in [4.78, 5) is 4.64. The first-order chi connectivity index (χ1) is 12.3. The fourth-order valence-electron chi connectivity index (χ4n) is 2.64. The van der Waals surface area contributed by atoms with E-state index in [0.717, 1.165) is 30.5 Å². The van der Waals surface area contributed by atoms with Gasteiger partial charge in [-0.1, -0.05) is 43.3 Å². The Morgan fingerprint density at radius 1 is 1.08 bits per heavy atom. The molecule has 3 aromatic rings. The predicted octanol–water partition coefficient (Wildman–Crippen LogP) is 3.21. The maximum Gasteiger partial charge on any atom is 0.191 e. The molecule has 1 aromatic carbocycles. The van der Waals surface area contributed by atoms with E-state index in [4.69, 9.17) is 0 Å². The van der Waals surface area contributed by atoms with Crippen molar-refractivity contribution in [2.24, 2.45) is 4.99 Å². The Morgan fingerprint density at radius 3 is 2.62 bits per heavy atom. The van der Waals surface area contributed by atoms with Crippen LogP contribution in [0, 0.1) is 0 Å². The lowest BCUT2D eigenvalue weighted by Crippen LogP contribution is -2.39. The Balaban J connectivity index is 0.00000243. The van der Waals surface area contributed by atoms with Gasteiger partial charge >= 0.3 is 0 Å². The highest BCUT2D eigenvalue weighted by molar-refractivity contribution is 14.0. The SMILES string of the molecule is CCNC(=NCc1nnc2ccccn12)NCC(C)c1ccccc1.I. The average Bonchev–Trinajstić information content (AvgIpc) is 3.07. The van der Waals surface area contributed by atoms with Gasteiger partial charge in [0.1, 0.15) is 6.54 Å². The van der Waals surface area contributed by atoms with Crippen LogP contribution in [0.15, 0.2) is 59.7 Å². The molecule has 2 N–H and O–H groups in total. The van der Waals surface area contributed by atoms with E-state index in [0.29, 0.717) is 12.5 Å². The van der Waals surface area contributed by atoms with Gasteiger partial charge in [0, 0.05) is 19.3 Å². The minimum Gasteiger partial charge on any atom is -0.357 e. The average molecular weight is 464 g/mol. The van der Waals surface area contributed by atoms with E-state index in [1.807, 2.05) is 34.9 Å². The number of rotatable bonds is 6. The zero-order chi connectivity index (χ0) is 17.5. The summed E-state index contributed by atoms with van der Waals surface area (Å²) >= 11 is 0. The van der Waals surface area contributed by atoms with Crippen molar-refractivity contribution in [3.05, 3.63) is 66.1 Å². The molecule has 0 saturated carbocycles. The number of fused-ring (bicyclic) bond motifs is 1. The molecule has 2 heterocycles. The first-order valence-electron chi connectivity index (χ1n) is 8.63. The number of benzene rings is 1. The molecule has 6 nitrogen and oxygen atoms in total. The van der Waals surface area contributed by atoms with Crippen LogP contribution in [-0.4, -0.2) is 33.6 Å². The lowest BCUT2D eigenvalue weighted by molar-refractivity contribution is 0.698. The van der Waals surface area contributed by atoms with Gasteiger partial charge in [0.15, 0.2) is 17.4 Å². The summed E-state index contributed by atoms with van der Waals surface area (Å²) in [5, 5.41) is 15.1. The number of aliphatic imine (C=N–C) groups is 1. The third-order valence-corrected chi connectivity index (χ3v) is 4.05. The predicted molar refractivity (Wildman–Crippen MR) is 116 cm³/mol. The van der Waals surface area contributed by atoms with Crippen LogP contribution >= 0.6 is 24.0 Å². The van der Waals surface area contributed by atoms with Crippen LogP contribution in [0.25, 0.3) is 5.65 Å². The van der Waals surface area contributed by atoms with Crippen LogP contribution in [-0.2, 0) is 6.54 Å². The Labute approximate surface area is 171 Å². The van der Waals surface area contributed by atoms with Crippen molar-refractivity contribution < 1.29 is 0 Å². The van der Waals surface area contributed by atoms with Gasteiger partial charge < -0.3 is 10.6 Å². The number of hydrogen-bond acceptors (Lipinski definition) is 3. The van der Waals surface area contributed by atoms with Crippen molar-refractivity contribution >= 4 is 35.6 Å². The number of aromatic nitrogens is 3. The van der Waals surface area contributed by atoms with Crippen LogP contribution in [0.4, 0.5) is 0 Å². The Bertz CT molecular complexity index is 830. The first kappa shape index (κ1) is 20.2. The highest BCUT2D eigenvalue weighted by Crippen LogP contribution is 2.12.